The van der Waals surface area contributed by atoms with Gasteiger partial charge in [-0.15, -0.1) is 0 Å². The summed E-state index contributed by atoms with van der Waals surface area (Å²) in [6.07, 6.45) is 3.48. The molecule has 2 aromatic carbocycles. The van der Waals surface area contributed by atoms with Crippen molar-refractivity contribution in [1.82, 2.24) is 14.5 Å². The first-order valence-electron chi connectivity index (χ1n) is 8.98. The standard InChI is InChI=1S/C22H20FN3O2/c1-15-4-3-5-18(12-15)26-13-19(16-6-8-17(23)9-7-16)20-21(26)24-14-25-22(20)28-11-10-27-2/h3-9,12-14H,10-11H2,1-2H3. The fraction of sp³-hybridized carbons (Fsp3) is 0.182. The van der Waals surface area contributed by atoms with E-state index in [4.69, 9.17) is 9.47 Å². The number of nitrogens with zero attached hydrogens (tertiary/aromatic N) is 3. The second-order valence-electron chi connectivity index (χ2n) is 6.48. The zero-order valence-electron chi connectivity index (χ0n) is 15.7. The van der Waals surface area contributed by atoms with Crippen molar-refractivity contribution >= 4 is 11.0 Å². The fourth-order valence-electron chi connectivity index (χ4n) is 3.19. The van der Waals surface area contributed by atoms with Gasteiger partial charge in [0.2, 0.25) is 5.88 Å². The van der Waals surface area contributed by atoms with Crippen LogP contribution in [0.1, 0.15) is 5.56 Å². The molecule has 0 amide bonds. The van der Waals surface area contributed by atoms with E-state index in [-0.39, 0.29) is 5.82 Å². The Morgan fingerprint density at radius 2 is 1.86 bits per heavy atom. The Balaban J connectivity index is 1.94. The zero-order chi connectivity index (χ0) is 19.5. The lowest BCUT2D eigenvalue weighted by Crippen LogP contribution is -2.06. The molecule has 142 valence electrons. The Morgan fingerprint density at radius 3 is 2.61 bits per heavy atom. The zero-order valence-corrected chi connectivity index (χ0v) is 15.7. The molecule has 0 fully saturated rings. The third-order valence-electron chi connectivity index (χ3n) is 4.51. The molecule has 6 heteroatoms. The maximum absolute atomic E-state index is 13.4. The molecular formula is C22H20FN3O2. The van der Waals surface area contributed by atoms with E-state index in [1.165, 1.54) is 18.5 Å². The van der Waals surface area contributed by atoms with Gasteiger partial charge < -0.3 is 14.0 Å². The van der Waals surface area contributed by atoms with Crippen LogP contribution >= 0.6 is 0 Å². The lowest BCUT2D eigenvalue weighted by molar-refractivity contribution is 0.144. The molecule has 0 bridgehead atoms. The van der Waals surface area contributed by atoms with E-state index in [9.17, 15) is 4.39 Å². The molecule has 0 aliphatic carbocycles. The van der Waals surface area contributed by atoms with Gasteiger partial charge in [-0.05, 0) is 42.3 Å². The van der Waals surface area contributed by atoms with E-state index in [1.807, 2.05) is 35.9 Å². The number of halogens is 1. The number of aryl methyl sites for hydroxylation is 1. The molecular weight excluding hydrogens is 357 g/mol. The Labute approximate surface area is 162 Å². The quantitative estimate of drug-likeness (QED) is 0.462. The van der Waals surface area contributed by atoms with Gasteiger partial charge in [-0.1, -0.05) is 24.3 Å². The van der Waals surface area contributed by atoms with Crippen LogP contribution in [0.2, 0.25) is 0 Å². The molecule has 0 saturated heterocycles. The van der Waals surface area contributed by atoms with Gasteiger partial charge in [-0.25, -0.2) is 14.4 Å². The highest BCUT2D eigenvalue weighted by Gasteiger charge is 2.18. The number of rotatable bonds is 6. The summed E-state index contributed by atoms with van der Waals surface area (Å²) < 4.78 is 26.4. The second-order valence-corrected chi connectivity index (χ2v) is 6.48. The molecule has 0 N–H and O–H groups in total. The molecule has 0 saturated carbocycles. The first-order valence-corrected chi connectivity index (χ1v) is 8.98. The molecule has 0 radical (unpaired) electrons. The van der Waals surface area contributed by atoms with Crippen LogP contribution < -0.4 is 4.74 Å². The van der Waals surface area contributed by atoms with Gasteiger partial charge in [0.05, 0.1) is 12.0 Å². The Hall–Kier alpha value is -3.25. The summed E-state index contributed by atoms with van der Waals surface area (Å²) >= 11 is 0. The maximum Gasteiger partial charge on any atom is 0.226 e. The topological polar surface area (TPSA) is 49.2 Å². The summed E-state index contributed by atoms with van der Waals surface area (Å²) in [5, 5.41) is 0.784. The number of benzene rings is 2. The smallest absolute Gasteiger partial charge is 0.226 e. The minimum atomic E-state index is -0.279. The largest absolute Gasteiger partial charge is 0.475 e. The second kappa shape index (κ2) is 7.78. The normalized spacial score (nSPS) is 11.1. The van der Waals surface area contributed by atoms with Crippen molar-refractivity contribution in [1.29, 1.82) is 0 Å². The predicted molar refractivity (Wildman–Crippen MR) is 106 cm³/mol. The van der Waals surface area contributed by atoms with Crippen molar-refractivity contribution in [3.05, 3.63) is 72.4 Å². The fourth-order valence-corrected chi connectivity index (χ4v) is 3.19. The van der Waals surface area contributed by atoms with Crippen molar-refractivity contribution in [2.75, 3.05) is 20.3 Å². The molecule has 2 aromatic heterocycles. The number of hydrogen-bond donors (Lipinski definition) is 0. The monoisotopic (exact) mass is 377 g/mol. The van der Waals surface area contributed by atoms with Crippen LogP contribution in [0, 0.1) is 12.7 Å². The average molecular weight is 377 g/mol. The molecule has 5 nitrogen and oxygen atoms in total. The number of fused-ring (bicyclic) bond motifs is 1. The van der Waals surface area contributed by atoms with Gasteiger partial charge in [0, 0.05) is 24.6 Å². The minimum Gasteiger partial charge on any atom is -0.475 e. The highest BCUT2D eigenvalue weighted by Crippen LogP contribution is 2.36. The lowest BCUT2D eigenvalue weighted by Gasteiger charge is -2.08. The van der Waals surface area contributed by atoms with Gasteiger partial charge in [-0.3, -0.25) is 0 Å². The van der Waals surface area contributed by atoms with E-state index in [0.717, 1.165) is 33.4 Å². The average Bonchev–Trinajstić information content (AvgIpc) is 3.09. The molecule has 28 heavy (non-hydrogen) atoms. The molecule has 0 spiro atoms. The van der Waals surface area contributed by atoms with E-state index in [0.29, 0.717) is 19.1 Å². The Kier molecular flexibility index (Phi) is 5.04. The van der Waals surface area contributed by atoms with Crippen LogP contribution in [0.4, 0.5) is 4.39 Å². The summed E-state index contributed by atoms with van der Waals surface area (Å²) in [6, 6.07) is 14.5. The number of aromatic nitrogens is 3. The number of methoxy groups -OCH3 is 1. The molecule has 4 aromatic rings. The lowest BCUT2D eigenvalue weighted by atomic mass is 10.1. The van der Waals surface area contributed by atoms with E-state index in [1.54, 1.807) is 19.2 Å². The minimum absolute atomic E-state index is 0.279. The van der Waals surface area contributed by atoms with Crippen LogP contribution in [-0.2, 0) is 4.74 Å². The van der Waals surface area contributed by atoms with Crippen molar-refractivity contribution in [2.45, 2.75) is 6.92 Å². The SMILES string of the molecule is COCCOc1ncnc2c1c(-c1ccc(F)cc1)cn2-c1cccc(C)c1. The van der Waals surface area contributed by atoms with E-state index in [2.05, 4.69) is 16.0 Å². The van der Waals surface area contributed by atoms with Gasteiger partial charge in [0.25, 0.3) is 0 Å². The molecule has 0 atom stereocenters. The van der Waals surface area contributed by atoms with Crippen LogP contribution in [0.5, 0.6) is 5.88 Å². The molecule has 4 rings (SSSR count). The summed E-state index contributed by atoms with van der Waals surface area (Å²) in [5.74, 6) is 0.201. The van der Waals surface area contributed by atoms with Crippen LogP contribution in [0.25, 0.3) is 27.8 Å². The summed E-state index contributed by atoms with van der Waals surface area (Å²) in [6.45, 7) is 2.88. The third-order valence-corrected chi connectivity index (χ3v) is 4.51. The Morgan fingerprint density at radius 1 is 1.04 bits per heavy atom. The van der Waals surface area contributed by atoms with E-state index >= 15 is 0 Å². The summed E-state index contributed by atoms with van der Waals surface area (Å²) in [7, 11) is 1.62. The van der Waals surface area contributed by atoms with Gasteiger partial charge in [0.1, 0.15) is 18.8 Å². The number of hydrogen-bond acceptors (Lipinski definition) is 4. The molecule has 0 aliphatic rings. The van der Waals surface area contributed by atoms with Gasteiger partial charge in [-0.2, -0.15) is 0 Å². The van der Waals surface area contributed by atoms with E-state index < -0.39 is 0 Å². The molecule has 2 heterocycles. The predicted octanol–water partition coefficient (Wildman–Crippen LogP) is 4.56. The summed E-state index contributed by atoms with van der Waals surface area (Å²) in [4.78, 5) is 8.84. The van der Waals surface area contributed by atoms with Crippen molar-refractivity contribution in [3.63, 3.8) is 0 Å². The highest BCUT2D eigenvalue weighted by atomic mass is 19.1. The van der Waals surface area contributed by atoms with Crippen molar-refractivity contribution < 1.29 is 13.9 Å². The third kappa shape index (κ3) is 3.46. The molecule has 0 unspecified atom stereocenters. The highest BCUT2D eigenvalue weighted by molar-refractivity contribution is 5.98. The van der Waals surface area contributed by atoms with Gasteiger partial charge in [0.15, 0.2) is 5.65 Å². The van der Waals surface area contributed by atoms with Crippen LogP contribution in [0.3, 0.4) is 0 Å². The maximum atomic E-state index is 13.4. The van der Waals surface area contributed by atoms with Crippen LogP contribution in [0.15, 0.2) is 61.1 Å². The first kappa shape index (κ1) is 18.1. The van der Waals surface area contributed by atoms with Crippen LogP contribution in [-0.4, -0.2) is 34.9 Å². The molecule has 0 aliphatic heterocycles. The Bertz CT molecular complexity index is 1110. The van der Waals surface area contributed by atoms with Crippen molar-refractivity contribution in [2.24, 2.45) is 0 Å². The van der Waals surface area contributed by atoms with Crippen molar-refractivity contribution in [3.8, 4) is 22.7 Å². The summed E-state index contributed by atoms with van der Waals surface area (Å²) in [5.41, 5.74) is 4.61. The van der Waals surface area contributed by atoms with Gasteiger partial charge >= 0.3 is 0 Å². The first-order chi connectivity index (χ1) is 13.7. The number of ether oxygens (including phenoxy) is 2.